The monoisotopic (exact) mass is 275 g/mol. The molecule has 2 fully saturated rings. The first-order valence-electron chi connectivity index (χ1n) is 6.34. The van der Waals surface area contributed by atoms with E-state index in [1.54, 1.807) is 11.9 Å². The van der Waals surface area contributed by atoms with Gasteiger partial charge in [-0.05, 0) is 13.3 Å². The average Bonchev–Trinajstić information content (AvgIpc) is 2.32. The number of nitrogens with zero attached hydrogens (tertiary/aromatic N) is 2. The van der Waals surface area contributed by atoms with Crippen LogP contribution in [0.5, 0.6) is 0 Å². The van der Waals surface area contributed by atoms with E-state index >= 15 is 0 Å². The van der Waals surface area contributed by atoms with E-state index in [1.807, 2.05) is 4.90 Å². The summed E-state index contributed by atoms with van der Waals surface area (Å²) in [5.41, 5.74) is 0. The normalized spacial score (nSPS) is 28.9. The van der Waals surface area contributed by atoms with Gasteiger partial charge in [-0.2, -0.15) is 0 Å². The fourth-order valence-electron chi connectivity index (χ4n) is 2.56. The first-order chi connectivity index (χ1) is 8.09. The predicted molar refractivity (Wildman–Crippen MR) is 71.7 cm³/mol. The summed E-state index contributed by atoms with van der Waals surface area (Å²) in [6.45, 7) is 5.24. The molecule has 1 N–H and O–H groups in total. The van der Waals surface area contributed by atoms with Gasteiger partial charge in [0, 0.05) is 51.6 Å². The Labute approximate surface area is 114 Å². The smallest absolute Gasteiger partial charge is 0.226 e. The molecule has 0 aromatic carbocycles. The number of nitrogens with one attached hydrogen (secondary N) is 1. The Balaban J connectivity index is 0.00000162. The summed E-state index contributed by atoms with van der Waals surface area (Å²) in [6.07, 6.45) is 1.18. The highest BCUT2D eigenvalue weighted by atomic mass is 35.5. The van der Waals surface area contributed by atoms with Crippen molar-refractivity contribution >= 4 is 24.2 Å². The van der Waals surface area contributed by atoms with Gasteiger partial charge in [0.2, 0.25) is 11.8 Å². The molecule has 2 unspecified atom stereocenters. The highest BCUT2D eigenvalue weighted by Gasteiger charge is 2.33. The first kappa shape index (κ1) is 15.2. The van der Waals surface area contributed by atoms with Crippen LogP contribution in [0.3, 0.4) is 0 Å². The van der Waals surface area contributed by atoms with Crippen LogP contribution in [0.1, 0.15) is 19.8 Å². The maximum Gasteiger partial charge on any atom is 0.226 e. The fourth-order valence-corrected chi connectivity index (χ4v) is 2.56. The lowest BCUT2D eigenvalue weighted by Crippen LogP contribution is -2.55. The first-order valence-corrected chi connectivity index (χ1v) is 6.34. The number of amides is 2. The van der Waals surface area contributed by atoms with E-state index in [1.165, 1.54) is 0 Å². The SMILES string of the molecule is CC1CNCCN1C(=O)C1CCN(C)C(=O)C1.Cl. The molecule has 0 aliphatic carbocycles. The zero-order valence-electron chi connectivity index (χ0n) is 11.0. The van der Waals surface area contributed by atoms with Crippen molar-refractivity contribution in [1.82, 2.24) is 15.1 Å². The van der Waals surface area contributed by atoms with E-state index in [0.29, 0.717) is 13.0 Å². The molecule has 2 heterocycles. The number of carbonyl (C=O) groups excluding carboxylic acids is 2. The zero-order valence-corrected chi connectivity index (χ0v) is 11.8. The molecule has 0 saturated carbocycles. The standard InChI is InChI=1S/C12H21N3O2.ClH/c1-9-8-13-4-6-15(9)12(17)10-3-5-14(2)11(16)7-10;/h9-10,13H,3-8H2,1-2H3;1H. The minimum absolute atomic E-state index is 0. The van der Waals surface area contributed by atoms with Gasteiger partial charge in [0.25, 0.3) is 0 Å². The van der Waals surface area contributed by atoms with E-state index in [9.17, 15) is 9.59 Å². The fraction of sp³-hybridized carbons (Fsp3) is 0.833. The molecule has 2 rings (SSSR count). The van der Waals surface area contributed by atoms with E-state index in [0.717, 1.165) is 26.1 Å². The Bertz CT molecular complexity index is 324. The Morgan fingerprint density at radius 2 is 2.11 bits per heavy atom. The van der Waals surface area contributed by atoms with Crippen LogP contribution < -0.4 is 5.32 Å². The minimum atomic E-state index is -0.0979. The number of piperazine rings is 1. The van der Waals surface area contributed by atoms with Crippen LogP contribution >= 0.6 is 12.4 Å². The van der Waals surface area contributed by atoms with Gasteiger partial charge < -0.3 is 15.1 Å². The Morgan fingerprint density at radius 3 is 2.72 bits per heavy atom. The number of piperidine rings is 1. The van der Waals surface area contributed by atoms with Crippen molar-refractivity contribution in [2.75, 3.05) is 33.2 Å². The van der Waals surface area contributed by atoms with Crippen LogP contribution in [0.15, 0.2) is 0 Å². The predicted octanol–water partition coefficient (Wildman–Crippen LogP) is 0.0969. The number of halogens is 1. The van der Waals surface area contributed by atoms with Gasteiger partial charge in [0.05, 0.1) is 0 Å². The number of hydrogen-bond acceptors (Lipinski definition) is 3. The second kappa shape index (κ2) is 6.38. The highest BCUT2D eigenvalue weighted by Crippen LogP contribution is 2.21. The van der Waals surface area contributed by atoms with E-state index < -0.39 is 0 Å². The van der Waals surface area contributed by atoms with Crippen molar-refractivity contribution in [3.63, 3.8) is 0 Å². The molecule has 2 amide bonds. The van der Waals surface area contributed by atoms with Gasteiger partial charge in [-0.25, -0.2) is 0 Å². The van der Waals surface area contributed by atoms with Crippen LogP contribution in [0.25, 0.3) is 0 Å². The third-order valence-corrected chi connectivity index (χ3v) is 3.79. The van der Waals surface area contributed by atoms with Crippen LogP contribution in [0, 0.1) is 5.92 Å². The van der Waals surface area contributed by atoms with Gasteiger partial charge in [-0.3, -0.25) is 9.59 Å². The quantitative estimate of drug-likeness (QED) is 0.738. The molecule has 0 spiro atoms. The van der Waals surface area contributed by atoms with Crippen LogP contribution in [0.4, 0.5) is 0 Å². The second-order valence-corrected chi connectivity index (χ2v) is 5.09. The van der Waals surface area contributed by atoms with Crippen molar-refractivity contribution < 1.29 is 9.59 Å². The number of carbonyl (C=O) groups is 2. The largest absolute Gasteiger partial charge is 0.346 e. The summed E-state index contributed by atoms with van der Waals surface area (Å²) >= 11 is 0. The van der Waals surface area contributed by atoms with Crippen molar-refractivity contribution in [3.8, 4) is 0 Å². The molecule has 2 atom stereocenters. The lowest BCUT2D eigenvalue weighted by Gasteiger charge is -2.38. The van der Waals surface area contributed by atoms with Crippen molar-refractivity contribution in [2.45, 2.75) is 25.8 Å². The lowest BCUT2D eigenvalue weighted by molar-refractivity contribution is -0.146. The molecular weight excluding hydrogens is 254 g/mol. The summed E-state index contributed by atoms with van der Waals surface area (Å²) in [6, 6.07) is 0.242. The number of rotatable bonds is 1. The van der Waals surface area contributed by atoms with Gasteiger partial charge in [0.1, 0.15) is 0 Å². The summed E-state index contributed by atoms with van der Waals surface area (Å²) in [5.74, 6) is 0.164. The van der Waals surface area contributed by atoms with Crippen LogP contribution in [-0.4, -0.2) is 60.9 Å². The Kier molecular flexibility index (Phi) is 5.41. The van der Waals surface area contributed by atoms with Crippen molar-refractivity contribution in [2.24, 2.45) is 5.92 Å². The van der Waals surface area contributed by atoms with Gasteiger partial charge >= 0.3 is 0 Å². The van der Waals surface area contributed by atoms with Gasteiger partial charge in [-0.15, -0.1) is 12.4 Å². The lowest BCUT2D eigenvalue weighted by atomic mass is 9.94. The summed E-state index contributed by atoms with van der Waals surface area (Å²) in [7, 11) is 1.80. The maximum absolute atomic E-state index is 12.3. The van der Waals surface area contributed by atoms with Crippen molar-refractivity contribution in [1.29, 1.82) is 0 Å². The molecule has 0 aromatic rings. The topological polar surface area (TPSA) is 52.7 Å². The van der Waals surface area contributed by atoms with Crippen LogP contribution in [0.2, 0.25) is 0 Å². The Hall–Kier alpha value is -0.810. The molecule has 0 bridgehead atoms. The summed E-state index contributed by atoms with van der Waals surface area (Å²) < 4.78 is 0. The van der Waals surface area contributed by atoms with E-state index in [2.05, 4.69) is 12.2 Å². The molecule has 0 aromatic heterocycles. The maximum atomic E-state index is 12.3. The third kappa shape index (κ3) is 3.14. The van der Waals surface area contributed by atoms with Crippen LogP contribution in [-0.2, 0) is 9.59 Å². The van der Waals surface area contributed by atoms with E-state index in [-0.39, 0.29) is 36.2 Å². The van der Waals surface area contributed by atoms with Crippen molar-refractivity contribution in [3.05, 3.63) is 0 Å². The minimum Gasteiger partial charge on any atom is -0.346 e. The molecule has 0 radical (unpaired) electrons. The van der Waals surface area contributed by atoms with Gasteiger partial charge in [0.15, 0.2) is 0 Å². The van der Waals surface area contributed by atoms with Gasteiger partial charge in [-0.1, -0.05) is 0 Å². The number of hydrogen-bond donors (Lipinski definition) is 1. The highest BCUT2D eigenvalue weighted by molar-refractivity contribution is 5.87. The molecular formula is C12H22ClN3O2. The molecule has 18 heavy (non-hydrogen) atoms. The molecule has 6 heteroatoms. The Morgan fingerprint density at radius 1 is 1.39 bits per heavy atom. The third-order valence-electron chi connectivity index (χ3n) is 3.79. The zero-order chi connectivity index (χ0) is 12.4. The number of likely N-dealkylation sites (tertiary alicyclic amines) is 1. The average molecular weight is 276 g/mol. The summed E-state index contributed by atoms with van der Waals surface area (Å²) in [4.78, 5) is 27.6. The van der Waals surface area contributed by atoms with E-state index in [4.69, 9.17) is 0 Å². The molecule has 2 saturated heterocycles. The second-order valence-electron chi connectivity index (χ2n) is 5.09. The molecule has 2 aliphatic rings. The molecule has 104 valence electrons. The summed E-state index contributed by atoms with van der Waals surface area (Å²) in [5, 5.41) is 3.27. The molecule has 2 aliphatic heterocycles. The molecule has 5 nitrogen and oxygen atoms in total.